The van der Waals surface area contributed by atoms with E-state index in [-0.39, 0.29) is 42.3 Å². The average molecular weight is 494 g/mol. The fourth-order valence-electron chi connectivity index (χ4n) is 7.10. The molecule has 2 heterocycles. The lowest BCUT2D eigenvalue weighted by atomic mass is 9.73. The Hall–Kier alpha value is -2.49. The number of aromatic nitrogens is 1. The largest absolute Gasteiger partial charge is 0.339 e. The van der Waals surface area contributed by atoms with Gasteiger partial charge in [-0.25, -0.2) is 13.2 Å². The summed E-state index contributed by atoms with van der Waals surface area (Å²) in [4.78, 5) is 0. The highest BCUT2D eigenvalue weighted by molar-refractivity contribution is 5.87. The lowest BCUT2D eigenvalue weighted by Gasteiger charge is -2.35. The molecule has 0 N–H and O–H groups in total. The normalized spacial score (nSPS) is 22.1. The maximum atomic E-state index is 16.0. The van der Waals surface area contributed by atoms with E-state index in [1.165, 1.54) is 22.2 Å². The second-order valence-corrected chi connectivity index (χ2v) is 11.4. The second kappa shape index (κ2) is 9.43. The van der Waals surface area contributed by atoms with E-state index in [0.29, 0.717) is 13.0 Å². The first-order chi connectivity index (χ1) is 17.1. The fraction of sp³-hybridized carbons (Fsp3) is 0.500. The highest BCUT2D eigenvalue weighted by Gasteiger charge is 2.42. The molecule has 2 aromatic carbocycles. The van der Waals surface area contributed by atoms with Crippen LogP contribution in [0.4, 0.5) is 13.2 Å². The van der Waals surface area contributed by atoms with Crippen molar-refractivity contribution in [1.29, 1.82) is 0 Å². The van der Waals surface area contributed by atoms with E-state index in [9.17, 15) is 8.78 Å². The zero-order chi connectivity index (χ0) is 25.8. The summed E-state index contributed by atoms with van der Waals surface area (Å²) in [6.45, 7) is 12.7. The molecule has 0 saturated carbocycles. The van der Waals surface area contributed by atoms with Gasteiger partial charge in [-0.15, -0.1) is 0 Å². The molecule has 1 aliphatic heterocycles. The monoisotopic (exact) mass is 493 g/mol. The maximum absolute atomic E-state index is 16.0. The predicted molar refractivity (Wildman–Crippen MR) is 143 cm³/mol. The summed E-state index contributed by atoms with van der Waals surface area (Å²) < 4.78 is 47.3. The van der Waals surface area contributed by atoms with Gasteiger partial charge in [0.2, 0.25) is 5.92 Å². The summed E-state index contributed by atoms with van der Waals surface area (Å²) in [6.07, 6.45) is 3.10. The third kappa shape index (κ3) is 4.21. The first-order valence-corrected chi connectivity index (χ1v) is 13.6. The molecule has 0 saturated heterocycles. The van der Waals surface area contributed by atoms with Crippen LogP contribution in [0.3, 0.4) is 0 Å². The zero-order valence-electron chi connectivity index (χ0n) is 22.0. The minimum atomic E-state index is -2.66. The van der Waals surface area contributed by atoms with Crippen LogP contribution in [0, 0.1) is 23.6 Å². The first kappa shape index (κ1) is 25.2. The summed E-state index contributed by atoms with van der Waals surface area (Å²) in [5.74, 6) is -2.78. The van der Waals surface area contributed by atoms with Gasteiger partial charge in [0.1, 0.15) is 5.82 Å². The third-order valence-corrected chi connectivity index (χ3v) is 8.94. The summed E-state index contributed by atoms with van der Waals surface area (Å²) in [7, 11) is 0. The van der Waals surface area contributed by atoms with Crippen LogP contribution in [0.15, 0.2) is 43.0 Å². The van der Waals surface area contributed by atoms with Gasteiger partial charge in [-0.3, -0.25) is 0 Å². The molecule has 36 heavy (non-hydrogen) atoms. The Morgan fingerprint density at radius 3 is 2.67 bits per heavy atom. The number of hydrogen-bond donors (Lipinski definition) is 0. The van der Waals surface area contributed by atoms with E-state index in [1.807, 2.05) is 6.92 Å². The molecular weight excluding hydrogens is 455 g/mol. The molecule has 0 bridgehead atoms. The van der Waals surface area contributed by atoms with E-state index >= 15 is 4.39 Å². The minimum absolute atomic E-state index is 0.0899. The molecule has 5 rings (SSSR count). The van der Waals surface area contributed by atoms with Crippen molar-refractivity contribution in [2.75, 3.05) is 0 Å². The van der Waals surface area contributed by atoms with Gasteiger partial charge in [0.25, 0.3) is 0 Å². The standard InChI is InChI=1S/C32H38F3N/c1-6-10-19(3)22-14-23-18-36-29-12-9-8-11-24(29)26-13-20(4)25(21(5)17-32(34,35)7-2)16-27(31(26)36)30(23)28(33)15-22/h8-9,11-12,14-15,20-21,25,27H,3,6-7,10,13,16-18H2,1-2,4-5H3/t20-,21?,25?,27-/m1/s1. The van der Waals surface area contributed by atoms with E-state index in [2.05, 4.69) is 55.3 Å². The summed E-state index contributed by atoms with van der Waals surface area (Å²) in [5, 5.41) is 1.22. The molecular formula is C32H38F3N. The maximum Gasteiger partial charge on any atom is 0.248 e. The highest BCUT2D eigenvalue weighted by atomic mass is 19.3. The Kier molecular flexibility index (Phi) is 6.59. The average Bonchev–Trinajstić information content (AvgIpc) is 3.04. The zero-order valence-corrected chi connectivity index (χ0v) is 22.0. The molecule has 192 valence electrons. The molecule has 0 fully saturated rings. The van der Waals surface area contributed by atoms with E-state index in [4.69, 9.17) is 0 Å². The van der Waals surface area contributed by atoms with Gasteiger partial charge in [-0.1, -0.05) is 58.9 Å². The molecule has 1 aliphatic carbocycles. The van der Waals surface area contributed by atoms with Crippen LogP contribution in [-0.4, -0.2) is 10.5 Å². The highest BCUT2D eigenvalue weighted by Crippen LogP contribution is 2.51. The second-order valence-electron chi connectivity index (χ2n) is 11.4. The van der Waals surface area contributed by atoms with Crippen molar-refractivity contribution in [3.8, 4) is 0 Å². The lowest BCUT2D eigenvalue weighted by Crippen LogP contribution is -2.29. The van der Waals surface area contributed by atoms with Gasteiger partial charge in [-0.05, 0) is 77.5 Å². The van der Waals surface area contributed by atoms with Crippen molar-refractivity contribution >= 4 is 16.5 Å². The Labute approximate surface area is 213 Å². The third-order valence-electron chi connectivity index (χ3n) is 8.94. The molecule has 0 amide bonds. The fourth-order valence-corrected chi connectivity index (χ4v) is 7.10. The number of allylic oxidation sites excluding steroid dienone is 1. The smallest absolute Gasteiger partial charge is 0.248 e. The molecule has 3 aromatic rings. The Morgan fingerprint density at radius 1 is 1.19 bits per heavy atom. The van der Waals surface area contributed by atoms with Gasteiger partial charge in [-0.2, -0.15) is 0 Å². The number of benzene rings is 2. The summed E-state index contributed by atoms with van der Waals surface area (Å²) >= 11 is 0. The van der Waals surface area contributed by atoms with Gasteiger partial charge in [0, 0.05) is 47.5 Å². The molecule has 2 aliphatic rings. The van der Waals surface area contributed by atoms with Gasteiger partial charge >= 0.3 is 0 Å². The molecule has 4 atom stereocenters. The Balaban J connectivity index is 1.66. The minimum Gasteiger partial charge on any atom is -0.339 e. The van der Waals surface area contributed by atoms with Crippen LogP contribution in [0.1, 0.15) is 93.7 Å². The van der Waals surface area contributed by atoms with Crippen molar-refractivity contribution in [3.63, 3.8) is 0 Å². The number of nitrogens with zero attached hydrogens (tertiary/aromatic N) is 1. The van der Waals surface area contributed by atoms with E-state index in [1.54, 1.807) is 13.0 Å². The quantitative estimate of drug-likeness (QED) is 0.309. The molecule has 1 nitrogen and oxygen atoms in total. The topological polar surface area (TPSA) is 4.93 Å². The molecule has 4 heteroatoms. The summed E-state index contributed by atoms with van der Waals surface area (Å²) in [5.41, 5.74) is 7.29. The van der Waals surface area contributed by atoms with Crippen molar-refractivity contribution in [3.05, 3.63) is 76.7 Å². The number of para-hydroxylation sites is 1. The van der Waals surface area contributed by atoms with Crippen LogP contribution in [-0.2, 0) is 13.0 Å². The van der Waals surface area contributed by atoms with Crippen LogP contribution < -0.4 is 0 Å². The van der Waals surface area contributed by atoms with Crippen molar-refractivity contribution in [2.45, 2.75) is 84.6 Å². The number of rotatable bonds is 7. The summed E-state index contributed by atoms with van der Waals surface area (Å²) in [6, 6.07) is 12.3. The number of hydrogen-bond acceptors (Lipinski definition) is 0. The van der Waals surface area contributed by atoms with Gasteiger partial charge < -0.3 is 4.57 Å². The predicted octanol–water partition coefficient (Wildman–Crippen LogP) is 9.36. The van der Waals surface area contributed by atoms with E-state index < -0.39 is 5.92 Å². The van der Waals surface area contributed by atoms with Crippen LogP contribution >= 0.6 is 0 Å². The Bertz CT molecular complexity index is 1300. The van der Waals surface area contributed by atoms with Crippen molar-refractivity contribution in [1.82, 2.24) is 4.57 Å². The number of alkyl halides is 2. The molecule has 0 spiro atoms. The van der Waals surface area contributed by atoms with Crippen LogP contribution in [0.2, 0.25) is 0 Å². The van der Waals surface area contributed by atoms with Crippen molar-refractivity contribution in [2.24, 2.45) is 17.8 Å². The van der Waals surface area contributed by atoms with Gasteiger partial charge in [0.15, 0.2) is 0 Å². The molecule has 1 aromatic heterocycles. The Morgan fingerprint density at radius 2 is 1.94 bits per heavy atom. The van der Waals surface area contributed by atoms with E-state index in [0.717, 1.165) is 41.5 Å². The van der Waals surface area contributed by atoms with Crippen LogP contribution in [0.25, 0.3) is 16.5 Å². The van der Waals surface area contributed by atoms with Crippen LogP contribution in [0.5, 0.6) is 0 Å². The number of halogens is 3. The first-order valence-electron chi connectivity index (χ1n) is 13.6. The van der Waals surface area contributed by atoms with Crippen molar-refractivity contribution < 1.29 is 13.2 Å². The lowest BCUT2D eigenvalue weighted by molar-refractivity contribution is -0.0357. The molecule has 2 unspecified atom stereocenters. The molecule has 0 radical (unpaired) electrons. The SMILES string of the molecule is C=C(CCC)c1cc(F)c2c(c1)Cn1c3c(c4ccccc41)C[C@@H](C)C(C(C)CC(F)(F)CC)C[C@H]23. The van der Waals surface area contributed by atoms with Gasteiger partial charge in [0.05, 0.1) is 0 Å². The number of fused-ring (bicyclic) bond motifs is 5.